The zero-order valence-electron chi connectivity index (χ0n) is 19.1. The van der Waals surface area contributed by atoms with E-state index in [2.05, 4.69) is 16.0 Å². The molecule has 0 radical (unpaired) electrons. The Morgan fingerprint density at radius 1 is 0.971 bits per heavy atom. The Morgan fingerprint density at radius 3 is 2.49 bits per heavy atom. The van der Waals surface area contributed by atoms with Crippen LogP contribution in [0.15, 0.2) is 91.1 Å². The highest BCUT2D eigenvalue weighted by Crippen LogP contribution is 2.39. The summed E-state index contributed by atoms with van der Waals surface area (Å²) < 4.78 is 7.16. The second-order valence-corrected chi connectivity index (χ2v) is 8.62. The van der Waals surface area contributed by atoms with Crippen LogP contribution < -0.4 is 5.32 Å². The van der Waals surface area contributed by atoms with E-state index in [4.69, 9.17) is 16.3 Å². The van der Waals surface area contributed by atoms with Crippen LogP contribution in [0, 0.1) is 0 Å². The molecule has 6 nitrogen and oxygen atoms in total. The van der Waals surface area contributed by atoms with E-state index in [1.807, 2.05) is 60.8 Å². The lowest BCUT2D eigenvalue weighted by atomic mass is 10.0. The summed E-state index contributed by atoms with van der Waals surface area (Å²) in [6.45, 7) is 2.46. The van der Waals surface area contributed by atoms with E-state index >= 15 is 0 Å². The number of halogens is 1. The standard InChI is InChI=1S/C28H24ClN3O3/c1-2-35-27(33)19-13-15-21(16-14-19)30-28(34)32-18-20-8-3-6-11-24(20)31-17-7-12-25(31)26(32)22-9-4-5-10-23(22)29/h3-17,26H,2,18H2,1H3,(H,30,34). The number of amides is 2. The molecule has 3 aromatic carbocycles. The highest BCUT2D eigenvalue weighted by molar-refractivity contribution is 6.31. The minimum atomic E-state index is -0.412. The van der Waals surface area contributed by atoms with E-state index in [0.717, 1.165) is 22.5 Å². The lowest BCUT2D eigenvalue weighted by Gasteiger charge is -2.31. The smallest absolute Gasteiger partial charge is 0.338 e. The maximum absolute atomic E-state index is 13.7. The van der Waals surface area contributed by atoms with Crippen LogP contribution in [0.2, 0.25) is 5.02 Å². The summed E-state index contributed by atoms with van der Waals surface area (Å²) >= 11 is 6.65. The lowest BCUT2D eigenvalue weighted by molar-refractivity contribution is 0.0526. The van der Waals surface area contributed by atoms with Crippen molar-refractivity contribution >= 4 is 29.3 Å². The third-order valence-corrected chi connectivity index (χ3v) is 6.42. The van der Waals surface area contributed by atoms with Gasteiger partial charge in [-0.1, -0.05) is 48.0 Å². The molecular weight excluding hydrogens is 462 g/mol. The molecule has 35 heavy (non-hydrogen) atoms. The summed E-state index contributed by atoms with van der Waals surface area (Å²) in [6, 6.07) is 25.6. The molecule has 1 atom stereocenters. The third kappa shape index (κ3) is 4.40. The number of carbonyl (C=O) groups excluding carboxylic acids is 2. The van der Waals surface area contributed by atoms with Gasteiger partial charge >= 0.3 is 12.0 Å². The maximum Gasteiger partial charge on any atom is 0.338 e. The van der Waals surface area contributed by atoms with Gasteiger partial charge in [0.05, 0.1) is 30.1 Å². The lowest BCUT2D eigenvalue weighted by Crippen LogP contribution is -2.38. The molecule has 0 spiro atoms. The van der Waals surface area contributed by atoms with Crippen molar-refractivity contribution in [3.63, 3.8) is 0 Å². The normalized spacial score (nSPS) is 14.5. The van der Waals surface area contributed by atoms with Crippen LogP contribution >= 0.6 is 11.6 Å². The minimum absolute atomic E-state index is 0.275. The number of rotatable bonds is 4. The predicted octanol–water partition coefficient (Wildman–Crippen LogP) is 6.44. The average Bonchev–Trinajstić information content (AvgIpc) is 3.30. The van der Waals surface area contributed by atoms with Crippen molar-refractivity contribution in [3.05, 3.63) is 119 Å². The van der Waals surface area contributed by atoms with Crippen molar-refractivity contribution in [2.75, 3.05) is 11.9 Å². The van der Waals surface area contributed by atoms with Crippen LogP contribution in [0.25, 0.3) is 5.69 Å². The Morgan fingerprint density at radius 2 is 1.71 bits per heavy atom. The van der Waals surface area contributed by atoms with E-state index in [0.29, 0.717) is 29.4 Å². The number of para-hydroxylation sites is 1. The highest BCUT2D eigenvalue weighted by Gasteiger charge is 2.34. The van der Waals surface area contributed by atoms with Crippen LogP contribution in [0.4, 0.5) is 10.5 Å². The Balaban J connectivity index is 1.53. The van der Waals surface area contributed by atoms with Crippen molar-refractivity contribution in [2.24, 2.45) is 0 Å². The summed E-state index contributed by atoms with van der Waals surface area (Å²) in [4.78, 5) is 27.5. The molecule has 1 unspecified atom stereocenters. The summed E-state index contributed by atoms with van der Waals surface area (Å²) in [5.74, 6) is -0.394. The van der Waals surface area contributed by atoms with E-state index in [-0.39, 0.29) is 6.03 Å². The van der Waals surface area contributed by atoms with Crippen LogP contribution in [0.1, 0.15) is 40.1 Å². The number of hydrogen-bond donors (Lipinski definition) is 1. The second kappa shape index (κ2) is 9.68. The molecule has 7 heteroatoms. The first-order valence-corrected chi connectivity index (χ1v) is 11.8. The zero-order valence-corrected chi connectivity index (χ0v) is 19.9. The summed E-state index contributed by atoms with van der Waals surface area (Å²) in [5.41, 5.74) is 4.84. The van der Waals surface area contributed by atoms with E-state index in [1.54, 1.807) is 36.1 Å². The van der Waals surface area contributed by atoms with Crippen molar-refractivity contribution < 1.29 is 14.3 Å². The number of nitrogens with zero attached hydrogens (tertiary/aromatic N) is 2. The molecule has 1 aliphatic rings. The molecule has 0 bridgehead atoms. The van der Waals surface area contributed by atoms with E-state index < -0.39 is 12.0 Å². The largest absolute Gasteiger partial charge is 0.462 e. The molecule has 1 N–H and O–H groups in total. The summed E-state index contributed by atoms with van der Waals surface area (Å²) in [7, 11) is 0. The van der Waals surface area contributed by atoms with Gasteiger partial charge in [-0.25, -0.2) is 9.59 Å². The van der Waals surface area contributed by atoms with Crippen molar-refractivity contribution in [1.29, 1.82) is 0 Å². The first-order chi connectivity index (χ1) is 17.1. The summed E-state index contributed by atoms with van der Waals surface area (Å²) in [6.07, 6.45) is 2.01. The number of ether oxygens (including phenoxy) is 1. The Bertz CT molecular complexity index is 1380. The number of benzene rings is 3. The molecule has 4 aromatic rings. The second-order valence-electron chi connectivity index (χ2n) is 8.21. The minimum Gasteiger partial charge on any atom is -0.462 e. The van der Waals surface area contributed by atoms with Crippen molar-refractivity contribution in [2.45, 2.75) is 19.5 Å². The molecule has 5 rings (SSSR count). The first-order valence-electron chi connectivity index (χ1n) is 11.4. The zero-order chi connectivity index (χ0) is 24.4. The van der Waals surface area contributed by atoms with Crippen LogP contribution in [-0.4, -0.2) is 28.1 Å². The van der Waals surface area contributed by atoms with Gasteiger partial charge in [0.1, 0.15) is 6.04 Å². The average molecular weight is 486 g/mol. The van der Waals surface area contributed by atoms with Gasteiger partial charge in [0.2, 0.25) is 0 Å². The Kier molecular flexibility index (Phi) is 6.29. The van der Waals surface area contributed by atoms with Gasteiger partial charge in [-0.2, -0.15) is 0 Å². The number of aromatic nitrogens is 1. The number of anilines is 1. The number of esters is 1. The van der Waals surface area contributed by atoms with Gasteiger partial charge in [-0.05, 0) is 66.6 Å². The van der Waals surface area contributed by atoms with Crippen molar-refractivity contribution in [1.82, 2.24) is 9.47 Å². The quantitative estimate of drug-likeness (QED) is 0.338. The number of hydrogen-bond acceptors (Lipinski definition) is 3. The first kappa shape index (κ1) is 22.7. The molecule has 176 valence electrons. The van der Waals surface area contributed by atoms with Crippen LogP contribution in [0.3, 0.4) is 0 Å². The fourth-order valence-electron chi connectivity index (χ4n) is 4.46. The van der Waals surface area contributed by atoms with Gasteiger partial charge in [0.15, 0.2) is 0 Å². The molecule has 1 aliphatic heterocycles. The molecule has 0 aliphatic carbocycles. The fraction of sp³-hybridized carbons (Fsp3) is 0.143. The molecule has 0 fully saturated rings. The van der Waals surface area contributed by atoms with Crippen molar-refractivity contribution in [3.8, 4) is 5.69 Å². The monoisotopic (exact) mass is 485 g/mol. The number of urea groups is 1. The molecule has 0 saturated heterocycles. The molecule has 1 aromatic heterocycles. The van der Waals surface area contributed by atoms with Gasteiger partial charge in [0.25, 0.3) is 0 Å². The Hall–Kier alpha value is -4.03. The molecule has 0 saturated carbocycles. The fourth-order valence-corrected chi connectivity index (χ4v) is 4.70. The number of carbonyl (C=O) groups is 2. The SMILES string of the molecule is CCOC(=O)c1ccc(NC(=O)N2Cc3ccccc3-n3cccc3C2c2ccccc2Cl)cc1. The van der Waals surface area contributed by atoms with Gasteiger partial charge in [0, 0.05) is 16.9 Å². The van der Waals surface area contributed by atoms with E-state index in [9.17, 15) is 9.59 Å². The van der Waals surface area contributed by atoms with Gasteiger partial charge in [-0.15, -0.1) is 0 Å². The Labute approximate surface area is 208 Å². The predicted molar refractivity (Wildman–Crippen MR) is 136 cm³/mol. The number of nitrogens with one attached hydrogen (secondary N) is 1. The van der Waals surface area contributed by atoms with Crippen LogP contribution in [0.5, 0.6) is 0 Å². The van der Waals surface area contributed by atoms with Crippen LogP contribution in [-0.2, 0) is 11.3 Å². The molecule has 2 amide bonds. The number of fused-ring (bicyclic) bond motifs is 3. The maximum atomic E-state index is 13.7. The van der Waals surface area contributed by atoms with Gasteiger partial charge in [-0.3, -0.25) is 0 Å². The van der Waals surface area contributed by atoms with E-state index in [1.165, 1.54) is 0 Å². The highest BCUT2D eigenvalue weighted by atomic mass is 35.5. The summed E-state index contributed by atoms with van der Waals surface area (Å²) in [5, 5.41) is 3.58. The molecule has 2 heterocycles. The van der Waals surface area contributed by atoms with Gasteiger partial charge < -0.3 is 19.5 Å². The topological polar surface area (TPSA) is 63.6 Å². The third-order valence-electron chi connectivity index (χ3n) is 6.07. The molecular formula is C28H24ClN3O3.